The van der Waals surface area contributed by atoms with Crippen LogP contribution in [0.2, 0.25) is 10.0 Å². The molecule has 0 bridgehead atoms. The maximum atomic E-state index is 14.0. The zero-order valence-electron chi connectivity index (χ0n) is 14.7. The Kier molecular flexibility index (Phi) is 5.59. The third-order valence-corrected chi connectivity index (χ3v) is 7.33. The van der Waals surface area contributed by atoms with Crippen molar-refractivity contribution >= 4 is 52.3 Å². The van der Waals surface area contributed by atoms with Gasteiger partial charge >= 0.3 is 13.3 Å². The quantitative estimate of drug-likeness (QED) is 0.579. The Morgan fingerprint density at radius 3 is 2.46 bits per heavy atom. The van der Waals surface area contributed by atoms with Crippen molar-refractivity contribution < 1.29 is 23.1 Å². The van der Waals surface area contributed by atoms with Crippen molar-refractivity contribution in [3.63, 3.8) is 0 Å². The number of hydrogen-bond acceptors (Lipinski definition) is 2. The van der Waals surface area contributed by atoms with E-state index in [0.29, 0.717) is 27.4 Å². The van der Waals surface area contributed by atoms with Gasteiger partial charge in [0, 0.05) is 21.7 Å². The first kappa shape index (κ1) is 21.9. The zero-order chi connectivity index (χ0) is 21.1. The van der Waals surface area contributed by atoms with Crippen LogP contribution < -0.4 is 10.6 Å². The molecule has 0 fully saturated rings. The van der Waals surface area contributed by atoms with E-state index < -0.39 is 24.4 Å². The number of rotatable bonds is 4. The van der Waals surface area contributed by atoms with Gasteiger partial charge in [0.1, 0.15) is 0 Å². The predicted octanol–water partition coefficient (Wildman–Crippen LogP) is 4.79. The second-order valence-corrected chi connectivity index (χ2v) is 10.1. The lowest BCUT2D eigenvalue weighted by molar-refractivity contribution is 0.0557. The van der Waals surface area contributed by atoms with Gasteiger partial charge in [-0.1, -0.05) is 57.3 Å². The van der Waals surface area contributed by atoms with Gasteiger partial charge in [-0.05, 0) is 37.1 Å². The summed E-state index contributed by atoms with van der Waals surface area (Å²) in [5, 5.41) is 2.23. The monoisotopic (exact) mass is 511 g/mol. The van der Waals surface area contributed by atoms with Crippen molar-refractivity contribution in [1.29, 1.82) is 0 Å². The predicted molar refractivity (Wildman–Crippen MR) is 109 cm³/mol. The highest BCUT2D eigenvalue weighted by atomic mass is 79.9. The minimum absolute atomic E-state index is 0.0869. The first-order valence-corrected chi connectivity index (χ1v) is 11.2. The molecule has 10 heteroatoms. The smallest absolute Gasteiger partial charge is 0.320 e. The maximum absolute atomic E-state index is 14.0. The average Bonchev–Trinajstić information content (AvgIpc) is 2.82. The van der Waals surface area contributed by atoms with Crippen LogP contribution in [0.25, 0.3) is 5.57 Å². The van der Waals surface area contributed by atoms with E-state index in [1.54, 1.807) is 6.07 Å². The molecule has 2 aromatic carbocycles. The molecule has 0 aromatic heterocycles. The van der Waals surface area contributed by atoms with Crippen LogP contribution in [0.1, 0.15) is 25.0 Å². The van der Waals surface area contributed by atoms with Gasteiger partial charge < -0.3 is 9.79 Å². The van der Waals surface area contributed by atoms with Crippen LogP contribution in [0.5, 0.6) is 0 Å². The number of alkyl halides is 2. The zero-order valence-corrected chi connectivity index (χ0v) is 18.7. The van der Waals surface area contributed by atoms with Gasteiger partial charge in [0.2, 0.25) is 0 Å². The maximum Gasteiger partial charge on any atom is 0.399 e. The molecule has 0 saturated carbocycles. The average molecular weight is 513 g/mol. The third-order valence-electron chi connectivity index (χ3n) is 4.91. The summed E-state index contributed by atoms with van der Waals surface area (Å²) in [7, 11) is -5.65. The number of benzene rings is 2. The lowest BCUT2D eigenvalue weighted by atomic mass is 9.87. The highest BCUT2D eigenvalue weighted by Crippen LogP contribution is 2.60. The molecule has 0 spiro atoms. The Morgan fingerprint density at radius 2 is 1.89 bits per heavy atom. The molecule has 3 rings (SSSR count). The van der Waals surface area contributed by atoms with Crippen molar-refractivity contribution in [1.82, 2.24) is 0 Å². The summed E-state index contributed by atoms with van der Waals surface area (Å²) in [4.78, 5) is 22.6. The van der Waals surface area contributed by atoms with Gasteiger partial charge in [-0.15, -0.1) is 0 Å². The molecule has 28 heavy (non-hydrogen) atoms. The van der Waals surface area contributed by atoms with E-state index in [-0.39, 0.29) is 4.47 Å². The van der Waals surface area contributed by atoms with Crippen LogP contribution in [-0.4, -0.2) is 15.3 Å². The topological polar surface area (TPSA) is 69.9 Å². The minimum Gasteiger partial charge on any atom is -0.320 e. The molecule has 150 valence electrons. The Balaban J connectivity index is 2.02. The molecule has 1 aliphatic heterocycles. The Labute approximate surface area is 178 Å². The van der Waals surface area contributed by atoms with Crippen LogP contribution in [0.15, 0.2) is 39.8 Å². The summed E-state index contributed by atoms with van der Waals surface area (Å²) in [6.45, 7) is 3.82. The molecule has 1 aliphatic rings. The number of nitrogens with zero attached hydrogens (tertiary/aromatic N) is 1. The standard InChI is InChI=1S/C18H15BrCl2F2NO3P/c1-9-11-4-6-14(20)15(21)16(11)24-17(9,2)8-10-3-5-12(13(19)7-10)18(22,23)28(25,26)27/h3-7H,8H2,1-2H3,(H2,25,26,27). The molecule has 1 unspecified atom stereocenters. The van der Waals surface area contributed by atoms with Gasteiger partial charge in [-0.2, -0.15) is 8.78 Å². The second kappa shape index (κ2) is 7.15. The largest absolute Gasteiger partial charge is 0.399 e. The van der Waals surface area contributed by atoms with E-state index in [4.69, 9.17) is 38.0 Å². The SMILES string of the molecule is CC1=c2ccc(Cl)c(Cl)c2=NC1(C)Cc1ccc(C(F)(F)P(=O)(O)O)c(Br)c1. The summed E-state index contributed by atoms with van der Waals surface area (Å²) in [6.07, 6.45) is 0.377. The van der Waals surface area contributed by atoms with Gasteiger partial charge in [0.05, 0.1) is 20.9 Å². The van der Waals surface area contributed by atoms with E-state index >= 15 is 0 Å². The summed E-state index contributed by atoms with van der Waals surface area (Å²) in [6, 6.07) is 7.39. The van der Waals surface area contributed by atoms with Crippen LogP contribution in [0.4, 0.5) is 8.78 Å². The van der Waals surface area contributed by atoms with E-state index in [0.717, 1.165) is 16.9 Å². The van der Waals surface area contributed by atoms with Crippen LogP contribution in [0, 0.1) is 0 Å². The third kappa shape index (κ3) is 3.57. The number of fused-ring (bicyclic) bond motifs is 1. The Hall–Kier alpha value is -0.820. The molecule has 2 aromatic rings. The van der Waals surface area contributed by atoms with Crippen LogP contribution >= 0.6 is 46.7 Å². The van der Waals surface area contributed by atoms with Crippen molar-refractivity contribution in [2.24, 2.45) is 4.99 Å². The van der Waals surface area contributed by atoms with Gasteiger partial charge in [0.15, 0.2) is 0 Å². The van der Waals surface area contributed by atoms with Gasteiger partial charge in [-0.3, -0.25) is 9.56 Å². The van der Waals surface area contributed by atoms with Crippen molar-refractivity contribution in [3.8, 4) is 0 Å². The van der Waals surface area contributed by atoms with Crippen LogP contribution in [0.3, 0.4) is 0 Å². The molecule has 0 radical (unpaired) electrons. The minimum atomic E-state index is -5.65. The molecular weight excluding hydrogens is 498 g/mol. The number of hydrogen-bond donors (Lipinski definition) is 2. The van der Waals surface area contributed by atoms with Gasteiger partial charge in [-0.25, -0.2) is 0 Å². The summed E-state index contributed by atoms with van der Waals surface area (Å²) >= 11 is 15.3. The fourth-order valence-corrected chi connectivity index (χ4v) is 4.91. The van der Waals surface area contributed by atoms with E-state index in [1.165, 1.54) is 12.1 Å². The molecular formula is C18H15BrCl2F2NO3P. The molecule has 0 aliphatic carbocycles. The Morgan fingerprint density at radius 1 is 1.25 bits per heavy atom. The molecule has 0 amide bonds. The number of halogens is 5. The van der Waals surface area contributed by atoms with Crippen molar-refractivity contribution in [3.05, 3.63) is 66.6 Å². The summed E-state index contributed by atoms with van der Waals surface area (Å²) in [5.41, 5.74) is -4.09. The molecule has 1 atom stereocenters. The van der Waals surface area contributed by atoms with E-state index in [1.807, 2.05) is 19.9 Å². The summed E-state index contributed by atoms with van der Waals surface area (Å²) < 4.78 is 39.1. The molecule has 2 N–H and O–H groups in total. The Bertz CT molecular complexity index is 1150. The highest BCUT2D eigenvalue weighted by molar-refractivity contribution is 9.10. The highest BCUT2D eigenvalue weighted by Gasteiger charge is 2.51. The van der Waals surface area contributed by atoms with E-state index in [2.05, 4.69) is 15.9 Å². The van der Waals surface area contributed by atoms with Crippen molar-refractivity contribution in [2.75, 3.05) is 0 Å². The molecule has 4 nitrogen and oxygen atoms in total. The second-order valence-electron chi connectivity index (χ2n) is 6.84. The lowest BCUT2D eigenvalue weighted by Crippen LogP contribution is -2.26. The normalized spacial score (nSPS) is 19.5. The fourth-order valence-electron chi connectivity index (χ4n) is 3.21. The van der Waals surface area contributed by atoms with Gasteiger partial charge in [0.25, 0.3) is 0 Å². The van der Waals surface area contributed by atoms with E-state index in [9.17, 15) is 13.3 Å². The first-order chi connectivity index (χ1) is 12.8. The van der Waals surface area contributed by atoms with Crippen molar-refractivity contribution in [2.45, 2.75) is 31.5 Å². The molecule has 0 saturated heterocycles. The van der Waals surface area contributed by atoms with Crippen LogP contribution in [-0.2, 0) is 16.6 Å². The fraction of sp³-hybridized carbons (Fsp3) is 0.278. The molecule has 1 heterocycles. The first-order valence-electron chi connectivity index (χ1n) is 8.05. The lowest BCUT2D eigenvalue weighted by Gasteiger charge is -2.25. The summed E-state index contributed by atoms with van der Waals surface area (Å²) in [5.74, 6) is 0.